The lowest BCUT2D eigenvalue weighted by atomic mass is 9.88. The first kappa shape index (κ1) is 38.3. The second kappa shape index (κ2) is 20.3. The van der Waals surface area contributed by atoms with Crippen molar-refractivity contribution < 1.29 is 34.8 Å². The number of phenols is 2. The normalized spacial score (nSPS) is 15.7. The first-order chi connectivity index (χ1) is 22.0. The fourth-order valence-corrected chi connectivity index (χ4v) is 5.37. The largest absolute Gasteiger partial charge is 0.508 e. The van der Waals surface area contributed by atoms with E-state index in [0.717, 1.165) is 42.0 Å². The van der Waals surface area contributed by atoms with Crippen molar-refractivity contribution in [3.05, 3.63) is 107 Å². The summed E-state index contributed by atoms with van der Waals surface area (Å²) >= 11 is 6.07. The molecule has 0 aliphatic carbocycles. The molecule has 9 heteroatoms. The second-order valence-electron chi connectivity index (χ2n) is 11.5. The number of likely N-dealkylation sites (tertiary alicyclic amines) is 1. The van der Waals surface area contributed by atoms with Gasteiger partial charge in [0.05, 0.1) is 0 Å². The van der Waals surface area contributed by atoms with Crippen molar-refractivity contribution in [2.24, 2.45) is 0 Å². The number of aryl methyl sites for hydroxylation is 1. The topological polar surface area (TPSA) is 128 Å². The molecule has 3 aromatic carbocycles. The molecule has 0 amide bonds. The van der Waals surface area contributed by atoms with Crippen LogP contribution in [-0.2, 0) is 26.3 Å². The molecule has 3 aromatic rings. The molecule has 0 saturated carbocycles. The number of phenolic OH excluding ortho intramolecular Hbond substituents is 2. The molecule has 1 aliphatic heterocycles. The van der Waals surface area contributed by atoms with Gasteiger partial charge in [-0.1, -0.05) is 86.3 Å². The predicted molar refractivity (Wildman–Crippen MR) is 183 cm³/mol. The molecular formula is C37H48ClNO7. The van der Waals surface area contributed by atoms with Gasteiger partial charge in [0.2, 0.25) is 0 Å². The van der Waals surface area contributed by atoms with Crippen molar-refractivity contribution in [3.8, 4) is 11.5 Å². The van der Waals surface area contributed by atoms with Crippen LogP contribution in [0.5, 0.6) is 11.5 Å². The smallest absolute Gasteiger partial charge is 0.328 e. The van der Waals surface area contributed by atoms with Gasteiger partial charge < -0.3 is 30.1 Å². The van der Waals surface area contributed by atoms with Crippen LogP contribution in [0.1, 0.15) is 75.5 Å². The van der Waals surface area contributed by atoms with Gasteiger partial charge in [-0.2, -0.15) is 0 Å². The van der Waals surface area contributed by atoms with Gasteiger partial charge in [0.25, 0.3) is 0 Å². The van der Waals surface area contributed by atoms with Crippen LogP contribution in [0.3, 0.4) is 0 Å². The Balaban J connectivity index is 0.000000283. The number of aliphatic carboxylic acids is 2. The van der Waals surface area contributed by atoms with Crippen molar-refractivity contribution in [3.63, 3.8) is 0 Å². The van der Waals surface area contributed by atoms with E-state index in [4.69, 9.17) is 31.7 Å². The van der Waals surface area contributed by atoms with E-state index in [1.54, 1.807) is 12.1 Å². The number of hydrogen-bond acceptors (Lipinski definition) is 6. The van der Waals surface area contributed by atoms with Crippen LogP contribution in [0.15, 0.2) is 84.9 Å². The average Bonchev–Trinajstić information content (AvgIpc) is 3.44. The average molecular weight is 654 g/mol. The maximum Gasteiger partial charge on any atom is 0.328 e. The van der Waals surface area contributed by atoms with Gasteiger partial charge in [-0.05, 0) is 87.5 Å². The van der Waals surface area contributed by atoms with Crippen LogP contribution in [0.4, 0.5) is 0 Å². The van der Waals surface area contributed by atoms with Crippen LogP contribution in [-0.4, -0.2) is 63.5 Å². The summed E-state index contributed by atoms with van der Waals surface area (Å²) in [4.78, 5) is 21.6. The second-order valence-corrected chi connectivity index (χ2v) is 11.9. The number of rotatable bonds is 13. The summed E-state index contributed by atoms with van der Waals surface area (Å²) in [6.07, 6.45) is 10.4. The van der Waals surface area contributed by atoms with Gasteiger partial charge in [0.15, 0.2) is 0 Å². The summed E-state index contributed by atoms with van der Waals surface area (Å²) in [6, 6.07) is 23.9. The Bertz CT molecular complexity index is 1350. The van der Waals surface area contributed by atoms with Crippen molar-refractivity contribution in [1.29, 1.82) is 0 Å². The van der Waals surface area contributed by atoms with E-state index in [1.807, 2.05) is 18.2 Å². The van der Waals surface area contributed by atoms with Crippen LogP contribution < -0.4 is 0 Å². The minimum absolute atomic E-state index is 0.125. The maximum absolute atomic E-state index is 9.55. The Hall–Kier alpha value is -3.85. The predicted octanol–water partition coefficient (Wildman–Crippen LogP) is 8.04. The molecule has 250 valence electrons. The highest BCUT2D eigenvalue weighted by molar-refractivity contribution is 6.30. The van der Waals surface area contributed by atoms with Crippen molar-refractivity contribution >= 4 is 23.5 Å². The third kappa shape index (κ3) is 13.6. The molecular weight excluding hydrogens is 606 g/mol. The molecule has 0 bridgehead atoms. The molecule has 4 N–H and O–H groups in total. The van der Waals surface area contributed by atoms with Gasteiger partial charge in [0, 0.05) is 35.9 Å². The minimum Gasteiger partial charge on any atom is -0.508 e. The van der Waals surface area contributed by atoms with Crippen molar-refractivity contribution in [2.45, 2.75) is 76.9 Å². The fourth-order valence-electron chi connectivity index (χ4n) is 5.25. The number of aromatic hydroxyl groups is 2. The van der Waals surface area contributed by atoms with Gasteiger partial charge in [-0.25, -0.2) is 9.59 Å². The van der Waals surface area contributed by atoms with Crippen LogP contribution in [0.2, 0.25) is 5.02 Å². The Morgan fingerprint density at radius 2 is 1.57 bits per heavy atom. The van der Waals surface area contributed by atoms with Gasteiger partial charge in [-0.3, -0.25) is 0 Å². The number of carbonyl (C=O) groups is 2. The number of carboxylic acids is 2. The summed E-state index contributed by atoms with van der Waals surface area (Å²) in [6.45, 7) is 6.29. The zero-order valence-corrected chi connectivity index (χ0v) is 27.8. The molecule has 1 aliphatic rings. The summed E-state index contributed by atoms with van der Waals surface area (Å²) in [7, 11) is 2.22. The third-order valence-corrected chi connectivity index (χ3v) is 8.22. The fraction of sp³-hybridized carbons (Fsp3) is 0.405. The number of hydrogen-bond donors (Lipinski definition) is 4. The van der Waals surface area contributed by atoms with Gasteiger partial charge >= 0.3 is 11.9 Å². The first-order valence-electron chi connectivity index (χ1n) is 15.8. The van der Waals surface area contributed by atoms with E-state index in [0.29, 0.717) is 18.2 Å². The number of halogens is 1. The third-order valence-electron chi connectivity index (χ3n) is 7.97. The zero-order chi connectivity index (χ0) is 34.0. The summed E-state index contributed by atoms with van der Waals surface area (Å²) in [5, 5.41) is 35.0. The molecule has 2 atom stereocenters. The molecule has 0 spiro atoms. The van der Waals surface area contributed by atoms with Gasteiger partial charge in [0.1, 0.15) is 17.1 Å². The molecule has 2 unspecified atom stereocenters. The zero-order valence-electron chi connectivity index (χ0n) is 27.1. The van der Waals surface area contributed by atoms with Crippen LogP contribution >= 0.6 is 11.6 Å². The number of nitrogens with zero attached hydrogens (tertiary/aromatic N) is 1. The lowest BCUT2D eigenvalue weighted by Crippen LogP contribution is -2.31. The highest BCUT2D eigenvalue weighted by Gasteiger charge is 2.30. The van der Waals surface area contributed by atoms with E-state index < -0.39 is 17.5 Å². The maximum atomic E-state index is 9.55. The SMILES string of the molecule is CCCCCCc1ccc(O)cc1O.CN1CCCC1CCOC(C)(c1ccccc1)c1ccc(Cl)cc1.O=C(O)C=CC(=O)O. The Morgan fingerprint density at radius 1 is 0.935 bits per heavy atom. The van der Waals surface area contributed by atoms with E-state index in [-0.39, 0.29) is 11.5 Å². The molecule has 1 heterocycles. The summed E-state index contributed by atoms with van der Waals surface area (Å²) in [5.41, 5.74) is 2.78. The van der Waals surface area contributed by atoms with Crippen LogP contribution in [0.25, 0.3) is 0 Å². The summed E-state index contributed by atoms with van der Waals surface area (Å²) in [5.74, 6) is -2.18. The molecule has 1 saturated heterocycles. The van der Waals surface area contributed by atoms with Crippen molar-refractivity contribution in [1.82, 2.24) is 4.90 Å². The Kier molecular flexibility index (Phi) is 16.9. The standard InChI is InChI=1S/C21H26ClNO.C12H18O2.C4H4O4/c1-21(17-7-4-3-5-8-17,18-10-12-19(22)13-11-18)24-16-14-20-9-6-15-23(20)2;1-2-3-4-5-6-10-7-8-11(13)9-12(10)14;5-3(6)1-2-4(7)8/h3-5,7-8,10-13,20H,6,9,14-16H2,1-2H3;7-9,13-14H,2-6H2,1H3;1-2H,(H,5,6)(H,7,8). The molecule has 1 fully saturated rings. The monoisotopic (exact) mass is 653 g/mol. The number of benzene rings is 3. The first-order valence-corrected chi connectivity index (χ1v) is 16.1. The number of unbranched alkanes of at least 4 members (excludes halogenated alkanes) is 3. The lowest BCUT2D eigenvalue weighted by molar-refractivity contribution is -0.134. The Morgan fingerprint density at radius 3 is 2.11 bits per heavy atom. The van der Waals surface area contributed by atoms with E-state index in [9.17, 15) is 14.7 Å². The minimum atomic E-state index is -1.26. The highest BCUT2D eigenvalue weighted by atomic mass is 35.5. The molecule has 0 radical (unpaired) electrons. The molecule has 46 heavy (non-hydrogen) atoms. The van der Waals surface area contributed by atoms with E-state index >= 15 is 0 Å². The van der Waals surface area contributed by atoms with E-state index in [2.05, 4.69) is 62.2 Å². The molecule has 0 aromatic heterocycles. The lowest BCUT2D eigenvalue weighted by Gasteiger charge is -2.32. The highest BCUT2D eigenvalue weighted by Crippen LogP contribution is 2.34. The van der Waals surface area contributed by atoms with Crippen LogP contribution in [0, 0.1) is 0 Å². The van der Waals surface area contributed by atoms with Gasteiger partial charge in [-0.15, -0.1) is 0 Å². The molecule has 8 nitrogen and oxygen atoms in total. The number of carboxylic acid groups (broad SMARTS) is 2. The molecule has 4 rings (SSSR count). The number of ether oxygens (including phenoxy) is 1. The van der Waals surface area contributed by atoms with Crippen molar-refractivity contribution in [2.75, 3.05) is 20.2 Å². The summed E-state index contributed by atoms with van der Waals surface area (Å²) < 4.78 is 6.48. The Labute approximate surface area is 277 Å². The van der Waals surface area contributed by atoms with E-state index in [1.165, 1.54) is 50.3 Å². The quantitative estimate of drug-likeness (QED) is 0.108.